The summed E-state index contributed by atoms with van der Waals surface area (Å²) in [5, 5.41) is 2.86. The number of hydrogen-bond acceptors (Lipinski definition) is 3. The molecule has 0 aliphatic heterocycles. The van der Waals surface area contributed by atoms with E-state index in [-0.39, 0.29) is 43.3 Å². The molecule has 3 aliphatic carbocycles. The van der Waals surface area contributed by atoms with Crippen LogP contribution >= 0.6 is 0 Å². The molecule has 4 rings (SSSR count). The molecule has 1 fully saturated rings. The zero-order valence-electron chi connectivity index (χ0n) is 20.2. The third-order valence-corrected chi connectivity index (χ3v) is 6.65. The largest absolute Gasteiger partial charge is 0.494 e. The van der Waals surface area contributed by atoms with E-state index in [9.17, 15) is 13.6 Å². The summed E-state index contributed by atoms with van der Waals surface area (Å²) >= 11 is 0. The minimum Gasteiger partial charge on any atom is -0.494 e. The van der Waals surface area contributed by atoms with Crippen LogP contribution in [-0.2, 0) is 9.53 Å². The number of halogens is 3. The first-order chi connectivity index (χ1) is 16.7. The van der Waals surface area contributed by atoms with Crippen molar-refractivity contribution < 1.29 is 27.4 Å². The van der Waals surface area contributed by atoms with Crippen LogP contribution in [0.5, 0.6) is 5.75 Å². The highest BCUT2D eigenvalue weighted by molar-refractivity contribution is 5.73. The molecule has 7 heteroatoms. The van der Waals surface area contributed by atoms with Crippen LogP contribution in [0.1, 0.15) is 64.0 Å². The van der Waals surface area contributed by atoms with Gasteiger partial charge in [0.2, 0.25) is 5.91 Å². The van der Waals surface area contributed by atoms with E-state index in [1.54, 1.807) is 18.2 Å². The van der Waals surface area contributed by atoms with Crippen LogP contribution < -0.4 is 10.1 Å². The molecule has 3 unspecified atom stereocenters. The van der Waals surface area contributed by atoms with E-state index in [0.717, 1.165) is 36.1 Å². The fourth-order valence-corrected chi connectivity index (χ4v) is 4.40. The number of hydrogen-bond donors (Lipinski definition) is 1. The van der Waals surface area contributed by atoms with Crippen molar-refractivity contribution in [2.75, 3.05) is 6.61 Å². The van der Waals surface area contributed by atoms with E-state index in [2.05, 4.69) is 11.4 Å². The van der Waals surface area contributed by atoms with Crippen molar-refractivity contribution in [1.82, 2.24) is 5.32 Å². The number of carbonyl (C=O) groups excluding carboxylic acids is 1. The molecular formula is C28H32F3NO3. The Kier molecular flexibility index (Phi) is 7.72. The van der Waals surface area contributed by atoms with Gasteiger partial charge in [-0.2, -0.15) is 0 Å². The van der Waals surface area contributed by atoms with Crippen LogP contribution in [0, 0.1) is 5.92 Å². The second kappa shape index (κ2) is 10.8. The van der Waals surface area contributed by atoms with Gasteiger partial charge in [0.05, 0.1) is 18.6 Å². The molecule has 3 aliphatic rings. The molecule has 35 heavy (non-hydrogen) atoms. The number of allylic oxidation sites excluding steroid dienone is 6. The van der Waals surface area contributed by atoms with Gasteiger partial charge in [-0.3, -0.25) is 4.79 Å². The minimum absolute atomic E-state index is 0.0415. The first-order valence-electron chi connectivity index (χ1n) is 12.2. The predicted molar refractivity (Wildman–Crippen MR) is 129 cm³/mol. The summed E-state index contributed by atoms with van der Waals surface area (Å²) in [6, 6.07) is 7.66. The highest BCUT2D eigenvalue weighted by Crippen LogP contribution is 2.49. The molecule has 1 N–H and O–H groups in total. The van der Waals surface area contributed by atoms with Crippen molar-refractivity contribution in [2.24, 2.45) is 5.92 Å². The minimum atomic E-state index is -2.67. The quantitative estimate of drug-likeness (QED) is 0.387. The van der Waals surface area contributed by atoms with E-state index in [4.69, 9.17) is 9.47 Å². The average Bonchev–Trinajstić information content (AvgIpc) is 3.48. The van der Waals surface area contributed by atoms with Gasteiger partial charge < -0.3 is 14.8 Å². The second-order valence-electron chi connectivity index (χ2n) is 9.58. The van der Waals surface area contributed by atoms with Gasteiger partial charge in [-0.1, -0.05) is 42.0 Å². The fraction of sp³-hybridized carbons (Fsp3) is 0.464. The molecule has 1 aromatic rings. The predicted octanol–water partition coefficient (Wildman–Crippen LogP) is 6.87. The molecule has 188 valence electrons. The lowest BCUT2D eigenvalue weighted by atomic mass is 9.91. The Morgan fingerprint density at radius 1 is 1.26 bits per heavy atom. The molecular weight excluding hydrogens is 455 g/mol. The number of rotatable bonds is 9. The highest BCUT2D eigenvalue weighted by Gasteiger charge is 2.57. The topological polar surface area (TPSA) is 47.6 Å². The molecule has 0 bridgehead atoms. The average molecular weight is 488 g/mol. The van der Waals surface area contributed by atoms with Gasteiger partial charge in [-0.15, -0.1) is 0 Å². The first kappa shape index (κ1) is 25.1. The third kappa shape index (κ3) is 6.80. The number of amides is 1. The number of benzene rings is 1. The number of nitrogens with one attached hydrogen (secondary N) is 1. The van der Waals surface area contributed by atoms with Gasteiger partial charge in [0.15, 0.2) is 5.83 Å². The Labute approximate surface area is 204 Å². The molecule has 0 radical (unpaired) electrons. The Hall–Kier alpha value is -2.96. The van der Waals surface area contributed by atoms with Crippen LogP contribution in [0.3, 0.4) is 0 Å². The normalized spacial score (nSPS) is 24.1. The maximum atomic E-state index is 15.1. The zero-order chi connectivity index (χ0) is 25.0. The Morgan fingerprint density at radius 3 is 2.63 bits per heavy atom. The van der Waals surface area contributed by atoms with Gasteiger partial charge in [-0.05, 0) is 49.5 Å². The Bertz CT molecular complexity index is 1060. The van der Waals surface area contributed by atoms with Gasteiger partial charge in [0, 0.05) is 26.2 Å². The molecule has 1 amide bonds. The van der Waals surface area contributed by atoms with Crippen LogP contribution in [0.2, 0.25) is 0 Å². The molecule has 0 saturated heterocycles. The van der Waals surface area contributed by atoms with Gasteiger partial charge in [-0.25, -0.2) is 13.2 Å². The van der Waals surface area contributed by atoms with E-state index >= 15 is 4.39 Å². The van der Waals surface area contributed by atoms with E-state index < -0.39 is 17.7 Å². The lowest BCUT2D eigenvalue weighted by Crippen LogP contribution is -2.23. The lowest BCUT2D eigenvalue weighted by Gasteiger charge is -2.24. The summed E-state index contributed by atoms with van der Waals surface area (Å²) < 4.78 is 52.9. The molecule has 0 aromatic heterocycles. The summed E-state index contributed by atoms with van der Waals surface area (Å²) in [6.07, 6.45) is 10.4. The van der Waals surface area contributed by atoms with Crippen LogP contribution in [-0.4, -0.2) is 24.5 Å². The Balaban J connectivity index is 1.30. The third-order valence-electron chi connectivity index (χ3n) is 6.65. The van der Waals surface area contributed by atoms with Crippen LogP contribution in [0.15, 0.2) is 71.3 Å². The molecule has 4 nitrogen and oxygen atoms in total. The fourth-order valence-electron chi connectivity index (χ4n) is 4.40. The molecule has 0 heterocycles. The molecule has 3 atom stereocenters. The van der Waals surface area contributed by atoms with E-state index in [1.807, 2.05) is 31.2 Å². The number of alkyl halides is 2. The van der Waals surface area contributed by atoms with Crippen LogP contribution in [0.25, 0.3) is 0 Å². The number of carbonyl (C=O) groups is 1. The Morgan fingerprint density at radius 2 is 2.00 bits per heavy atom. The molecule has 1 saturated carbocycles. The summed E-state index contributed by atoms with van der Waals surface area (Å²) in [7, 11) is 0. The summed E-state index contributed by atoms with van der Waals surface area (Å²) in [5.74, 6) is -3.07. The van der Waals surface area contributed by atoms with Gasteiger partial charge in [0.25, 0.3) is 5.92 Å². The number of ether oxygens (including phenoxy) is 2. The van der Waals surface area contributed by atoms with Gasteiger partial charge >= 0.3 is 0 Å². The maximum Gasteiger partial charge on any atom is 0.255 e. The van der Waals surface area contributed by atoms with Crippen molar-refractivity contribution in [1.29, 1.82) is 0 Å². The van der Waals surface area contributed by atoms with Crippen molar-refractivity contribution in [3.05, 3.63) is 76.9 Å². The van der Waals surface area contributed by atoms with Crippen molar-refractivity contribution >= 4 is 5.91 Å². The smallest absolute Gasteiger partial charge is 0.255 e. The SMILES string of the molecule is CC(=O)NC(C)c1ccc(OC2CC=C(CC3=CC=CCC(OCC4CC4(F)F)=C3F)CC2)cc1. The summed E-state index contributed by atoms with van der Waals surface area (Å²) in [6.45, 7) is 3.28. The first-order valence-corrected chi connectivity index (χ1v) is 12.2. The standard InChI is InChI=1S/C28H32F3NO3/c1-18(32-19(2)33)21-9-13-25(14-10-21)35-24-11-7-20(8-12-24)15-22-5-3-4-6-26(27(22)29)34-17-23-16-28(23,30)31/h3-5,7,9-10,13-14,18,23-24H,6,8,11-12,15-17H2,1-2H3,(H,32,33). The van der Waals surface area contributed by atoms with Crippen molar-refractivity contribution in [2.45, 2.75) is 70.4 Å². The zero-order valence-corrected chi connectivity index (χ0v) is 20.2. The summed E-state index contributed by atoms with van der Waals surface area (Å²) in [5.41, 5.74) is 2.66. The highest BCUT2D eigenvalue weighted by atomic mass is 19.3. The summed E-state index contributed by atoms with van der Waals surface area (Å²) in [4.78, 5) is 11.2. The maximum absolute atomic E-state index is 15.1. The van der Waals surface area contributed by atoms with Crippen LogP contribution in [0.4, 0.5) is 13.2 Å². The van der Waals surface area contributed by atoms with Crippen molar-refractivity contribution in [3.63, 3.8) is 0 Å². The monoisotopic (exact) mass is 487 g/mol. The molecule has 0 spiro atoms. The lowest BCUT2D eigenvalue weighted by molar-refractivity contribution is -0.119. The molecule has 1 aromatic carbocycles. The van der Waals surface area contributed by atoms with Gasteiger partial charge in [0.1, 0.15) is 17.6 Å². The second-order valence-corrected chi connectivity index (χ2v) is 9.58. The van der Waals surface area contributed by atoms with Crippen molar-refractivity contribution in [3.8, 4) is 5.75 Å². The van der Waals surface area contributed by atoms with E-state index in [0.29, 0.717) is 12.0 Å². The van der Waals surface area contributed by atoms with E-state index in [1.165, 1.54) is 6.92 Å².